The van der Waals surface area contributed by atoms with Gasteiger partial charge < -0.3 is 9.53 Å². The highest BCUT2D eigenvalue weighted by Gasteiger charge is 2.12. The Morgan fingerprint density at radius 1 is 1.36 bits per heavy atom. The highest BCUT2D eigenvalue weighted by atomic mass is 35.5. The molecule has 0 saturated carbocycles. The van der Waals surface area contributed by atoms with E-state index in [1.165, 1.54) is 11.8 Å². The zero-order valence-electron chi connectivity index (χ0n) is 14.6. The van der Waals surface area contributed by atoms with Crippen LogP contribution in [0.5, 0.6) is 0 Å². The zero-order valence-corrected chi connectivity index (χ0v) is 16.2. The summed E-state index contributed by atoms with van der Waals surface area (Å²) >= 11 is 7.54. The number of Topliss-reactive ketones (excluding diaryl/α,β-unsaturated/α-hetero) is 1. The molecule has 0 aliphatic carbocycles. The van der Waals surface area contributed by atoms with Gasteiger partial charge in [-0.15, -0.1) is 0 Å². The van der Waals surface area contributed by atoms with Crippen molar-refractivity contribution in [2.75, 3.05) is 19.0 Å². The number of benzene rings is 1. The first-order valence-corrected chi connectivity index (χ1v) is 9.79. The van der Waals surface area contributed by atoms with Crippen LogP contribution >= 0.6 is 23.4 Å². The summed E-state index contributed by atoms with van der Waals surface area (Å²) in [7, 11) is 0. The van der Waals surface area contributed by atoms with Crippen molar-refractivity contribution in [1.29, 1.82) is 0 Å². The molecule has 2 rings (SSSR count). The van der Waals surface area contributed by atoms with Gasteiger partial charge in [-0.05, 0) is 44.9 Å². The van der Waals surface area contributed by atoms with Crippen LogP contribution in [0.15, 0.2) is 28.2 Å². The molecule has 0 spiro atoms. The van der Waals surface area contributed by atoms with E-state index in [-0.39, 0.29) is 11.3 Å². The van der Waals surface area contributed by atoms with Gasteiger partial charge in [0.1, 0.15) is 5.78 Å². The fraction of sp³-hybridized carbons (Fsp3) is 0.500. The summed E-state index contributed by atoms with van der Waals surface area (Å²) in [5.74, 6) is 0.914. The normalized spacial score (nSPS) is 11.2. The highest BCUT2D eigenvalue weighted by molar-refractivity contribution is 7.99. The number of carbonyl (C=O) groups excluding carboxylic acids is 1. The van der Waals surface area contributed by atoms with E-state index in [4.69, 9.17) is 16.3 Å². The average molecular weight is 383 g/mol. The first-order chi connectivity index (χ1) is 12.0. The number of fused-ring (bicyclic) bond motifs is 1. The number of nitrogens with zero attached hydrogens (tertiary/aromatic N) is 2. The monoisotopic (exact) mass is 382 g/mol. The van der Waals surface area contributed by atoms with Gasteiger partial charge in [0.2, 0.25) is 0 Å². The number of carbonyl (C=O) groups is 1. The second kappa shape index (κ2) is 9.94. The van der Waals surface area contributed by atoms with Crippen molar-refractivity contribution < 1.29 is 9.53 Å². The van der Waals surface area contributed by atoms with Crippen LogP contribution in [0.4, 0.5) is 0 Å². The van der Waals surface area contributed by atoms with Crippen molar-refractivity contribution >= 4 is 40.0 Å². The molecular formula is C18H23ClN2O3S. The van der Waals surface area contributed by atoms with E-state index in [0.29, 0.717) is 47.3 Å². The van der Waals surface area contributed by atoms with Crippen LogP contribution in [0.25, 0.3) is 10.9 Å². The lowest BCUT2D eigenvalue weighted by molar-refractivity contribution is -0.117. The lowest BCUT2D eigenvalue weighted by Crippen LogP contribution is -2.24. The van der Waals surface area contributed by atoms with E-state index in [1.807, 2.05) is 6.92 Å². The van der Waals surface area contributed by atoms with E-state index in [1.54, 1.807) is 29.7 Å². The molecule has 25 heavy (non-hydrogen) atoms. The predicted octanol–water partition coefficient (Wildman–Crippen LogP) is 3.94. The number of hydrogen-bond donors (Lipinski definition) is 0. The first kappa shape index (κ1) is 19.9. The van der Waals surface area contributed by atoms with Crippen LogP contribution in [0, 0.1) is 0 Å². The summed E-state index contributed by atoms with van der Waals surface area (Å²) in [5, 5.41) is 1.79. The Hall–Kier alpha value is -1.37. The maximum Gasteiger partial charge on any atom is 0.262 e. The zero-order chi connectivity index (χ0) is 18.2. The van der Waals surface area contributed by atoms with Crippen molar-refractivity contribution in [3.8, 4) is 0 Å². The highest BCUT2D eigenvalue weighted by Crippen LogP contribution is 2.21. The minimum Gasteiger partial charge on any atom is -0.382 e. The predicted molar refractivity (Wildman–Crippen MR) is 103 cm³/mol. The van der Waals surface area contributed by atoms with Gasteiger partial charge in [0, 0.05) is 37.0 Å². The molecule has 0 atom stereocenters. The Balaban J connectivity index is 2.26. The summed E-state index contributed by atoms with van der Waals surface area (Å²) in [6.45, 7) is 5.36. The molecule has 0 unspecified atom stereocenters. The van der Waals surface area contributed by atoms with Crippen molar-refractivity contribution in [2.45, 2.75) is 44.8 Å². The van der Waals surface area contributed by atoms with Crippen molar-refractivity contribution in [3.05, 3.63) is 33.6 Å². The fourth-order valence-corrected chi connectivity index (χ4v) is 3.57. The molecule has 0 saturated heterocycles. The molecule has 0 fully saturated rings. The van der Waals surface area contributed by atoms with Gasteiger partial charge in [-0.3, -0.25) is 9.36 Å². The van der Waals surface area contributed by atoms with Gasteiger partial charge in [-0.25, -0.2) is 4.98 Å². The summed E-state index contributed by atoms with van der Waals surface area (Å²) in [4.78, 5) is 28.5. The fourth-order valence-electron chi connectivity index (χ4n) is 2.43. The molecule has 5 nitrogen and oxygen atoms in total. The smallest absolute Gasteiger partial charge is 0.262 e. The lowest BCUT2D eigenvalue weighted by atomic mass is 10.2. The maximum atomic E-state index is 12.8. The number of rotatable bonds is 10. The molecule has 0 N–H and O–H groups in total. The van der Waals surface area contributed by atoms with Crippen LogP contribution in [-0.2, 0) is 16.1 Å². The Labute approximate surface area is 156 Å². The third-order valence-corrected chi connectivity index (χ3v) is 4.96. The second-order valence-corrected chi connectivity index (χ2v) is 7.22. The molecule has 1 heterocycles. The average Bonchev–Trinajstić information content (AvgIpc) is 2.57. The van der Waals surface area contributed by atoms with E-state index in [9.17, 15) is 9.59 Å². The van der Waals surface area contributed by atoms with Gasteiger partial charge in [0.15, 0.2) is 5.16 Å². The number of hydrogen-bond acceptors (Lipinski definition) is 5. The molecule has 0 radical (unpaired) electrons. The SMILES string of the molecule is CCOCCCn1c(SCCCC(C)=O)nc2cc(Cl)ccc2c1=O. The molecule has 0 aliphatic heterocycles. The summed E-state index contributed by atoms with van der Waals surface area (Å²) in [6, 6.07) is 5.13. The molecule has 1 aromatic heterocycles. The molecule has 1 aromatic carbocycles. The lowest BCUT2D eigenvalue weighted by Gasteiger charge is -2.13. The number of aromatic nitrogens is 2. The number of ketones is 1. The van der Waals surface area contributed by atoms with E-state index >= 15 is 0 Å². The van der Waals surface area contributed by atoms with Crippen LogP contribution in [0.2, 0.25) is 5.02 Å². The van der Waals surface area contributed by atoms with Gasteiger partial charge in [-0.2, -0.15) is 0 Å². The van der Waals surface area contributed by atoms with Gasteiger partial charge >= 0.3 is 0 Å². The Bertz CT molecular complexity index is 792. The number of thioether (sulfide) groups is 1. The summed E-state index contributed by atoms with van der Waals surface area (Å²) in [5.41, 5.74) is 0.542. The molecule has 0 amide bonds. The van der Waals surface area contributed by atoms with Crippen LogP contribution in [0.3, 0.4) is 0 Å². The molecule has 136 valence electrons. The first-order valence-electron chi connectivity index (χ1n) is 8.43. The van der Waals surface area contributed by atoms with E-state index in [2.05, 4.69) is 4.98 Å². The molecular weight excluding hydrogens is 360 g/mol. The van der Waals surface area contributed by atoms with Crippen molar-refractivity contribution in [3.63, 3.8) is 0 Å². The molecule has 0 bridgehead atoms. The van der Waals surface area contributed by atoms with Gasteiger partial charge in [-0.1, -0.05) is 23.4 Å². The third kappa shape index (κ3) is 5.83. The van der Waals surface area contributed by atoms with Gasteiger partial charge in [0.05, 0.1) is 10.9 Å². The minimum atomic E-state index is -0.0627. The summed E-state index contributed by atoms with van der Waals surface area (Å²) in [6.07, 6.45) is 2.05. The largest absolute Gasteiger partial charge is 0.382 e. The minimum absolute atomic E-state index is 0.0627. The number of halogens is 1. The summed E-state index contributed by atoms with van der Waals surface area (Å²) < 4.78 is 7.07. The second-order valence-electron chi connectivity index (χ2n) is 5.72. The van der Waals surface area contributed by atoms with Crippen LogP contribution in [-0.4, -0.2) is 34.3 Å². The topological polar surface area (TPSA) is 61.2 Å². The number of ether oxygens (including phenoxy) is 1. The third-order valence-electron chi connectivity index (χ3n) is 3.66. The molecule has 0 aliphatic rings. The Morgan fingerprint density at radius 3 is 2.88 bits per heavy atom. The van der Waals surface area contributed by atoms with Crippen LogP contribution in [0.1, 0.15) is 33.1 Å². The van der Waals surface area contributed by atoms with E-state index in [0.717, 1.165) is 18.6 Å². The Morgan fingerprint density at radius 2 is 2.16 bits per heavy atom. The van der Waals surface area contributed by atoms with Crippen molar-refractivity contribution in [2.24, 2.45) is 0 Å². The Kier molecular flexibility index (Phi) is 7.93. The van der Waals surface area contributed by atoms with Crippen LogP contribution < -0.4 is 5.56 Å². The van der Waals surface area contributed by atoms with Crippen molar-refractivity contribution in [1.82, 2.24) is 9.55 Å². The maximum absolute atomic E-state index is 12.8. The standard InChI is InChI=1S/C18H23ClN2O3S/c1-3-24-10-5-9-21-17(23)15-8-7-14(19)12-16(15)20-18(21)25-11-4-6-13(2)22/h7-8,12H,3-6,9-11H2,1-2H3. The quantitative estimate of drug-likeness (QED) is 0.354. The molecule has 7 heteroatoms. The van der Waals surface area contributed by atoms with Gasteiger partial charge in [0.25, 0.3) is 5.56 Å². The van der Waals surface area contributed by atoms with E-state index < -0.39 is 0 Å². The molecule has 2 aromatic rings.